The molecule has 2 rings (SSSR count). The molecule has 1 heterocycles. The van der Waals surface area contributed by atoms with Crippen LogP contribution >= 0.6 is 0 Å². The molecule has 0 unspecified atom stereocenters. The standard InChI is InChI=1S/C12H13NO4/c1-2-17-11(16)12(7-14)8-5-3-4-6-9(8)13-10(12)15/h3-6,14H,2,7H2,1H3,(H,13,15)/t12-/m0/s1. The zero-order chi connectivity index (χ0) is 12.5. The van der Waals surface area contributed by atoms with E-state index in [-0.39, 0.29) is 6.61 Å². The summed E-state index contributed by atoms with van der Waals surface area (Å²) in [5.41, 5.74) is -0.613. The van der Waals surface area contributed by atoms with E-state index in [2.05, 4.69) is 5.32 Å². The van der Waals surface area contributed by atoms with Crippen molar-refractivity contribution in [2.45, 2.75) is 12.3 Å². The van der Waals surface area contributed by atoms with Gasteiger partial charge < -0.3 is 15.2 Å². The first-order chi connectivity index (χ1) is 8.16. The molecule has 1 amide bonds. The van der Waals surface area contributed by atoms with E-state index >= 15 is 0 Å². The first-order valence-corrected chi connectivity index (χ1v) is 5.36. The number of fused-ring (bicyclic) bond motifs is 1. The zero-order valence-electron chi connectivity index (χ0n) is 9.40. The highest BCUT2D eigenvalue weighted by molar-refractivity contribution is 6.19. The van der Waals surface area contributed by atoms with E-state index in [1.807, 2.05) is 0 Å². The number of nitrogens with one attached hydrogen (secondary N) is 1. The number of hydrogen-bond donors (Lipinski definition) is 2. The van der Waals surface area contributed by atoms with E-state index in [1.54, 1.807) is 31.2 Å². The summed E-state index contributed by atoms with van der Waals surface area (Å²) < 4.78 is 4.89. The van der Waals surface area contributed by atoms with E-state index in [1.165, 1.54) is 0 Å². The molecule has 1 aromatic rings. The van der Waals surface area contributed by atoms with Gasteiger partial charge in [0, 0.05) is 11.3 Å². The average Bonchev–Trinajstić information content (AvgIpc) is 2.62. The molecular weight excluding hydrogens is 222 g/mol. The second kappa shape index (κ2) is 4.18. The van der Waals surface area contributed by atoms with Crippen LogP contribution in [0.2, 0.25) is 0 Å². The van der Waals surface area contributed by atoms with Crippen LogP contribution in [0.25, 0.3) is 0 Å². The summed E-state index contributed by atoms with van der Waals surface area (Å²) in [4.78, 5) is 23.9. The molecule has 5 nitrogen and oxygen atoms in total. The fourth-order valence-electron chi connectivity index (χ4n) is 1.99. The van der Waals surface area contributed by atoms with Crippen LogP contribution in [0.1, 0.15) is 12.5 Å². The molecule has 90 valence electrons. The Labute approximate surface area is 98.4 Å². The van der Waals surface area contributed by atoms with Gasteiger partial charge in [-0.15, -0.1) is 0 Å². The normalized spacial score (nSPS) is 21.9. The third kappa shape index (κ3) is 1.51. The number of carbonyl (C=O) groups is 2. The van der Waals surface area contributed by atoms with E-state index in [4.69, 9.17) is 4.74 Å². The predicted octanol–water partition coefficient (Wildman–Crippen LogP) is 0.432. The van der Waals surface area contributed by atoms with Crippen LogP contribution in [0.4, 0.5) is 5.69 Å². The van der Waals surface area contributed by atoms with Crippen LogP contribution in [-0.2, 0) is 19.7 Å². The Morgan fingerprint density at radius 1 is 1.47 bits per heavy atom. The van der Waals surface area contributed by atoms with E-state index < -0.39 is 23.9 Å². The molecule has 17 heavy (non-hydrogen) atoms. The van der Waals surface area contributed by atoms with Gasteiger partial charge in [-0.3, -0.25) is 9.59 Å². The minimum atomic E-state index is -1.62. The van der Waals surface area contributed by atoms with E-state index in [9.17, 15) is 14.7 Å². The monoisotopic (exact) mass is 235 g/mol. The van der Waals surface area contributed by atoms with Crippen molar-refractivity contribution in [3.05, 3.63) is 29.8 Å². The number of aliphatic hydroxyl groups excluding tert-OH is 1. The Morgan fingerprint density at radius 2 is 2.18 bits per heavy atom. The minimum absolute atomic E-state index is 0.163. The van der Waals surface area contributed by atoms with Gasteiger partial charge in [0.2, 0.25) is 5.91 Å². The van der Waals surface area contributed by atoms with Crippen LogP contribution in [0.3, 0.4) is 0 Å². The fourth-order valence-corrected chi connectivity index (χ4v) is 1.99. The molecule has 0 spiro atoms. The summed E-state index contributed by atoms with van der Waals surface area (Å²) in [6.45, 7) is 1.21. The molecule has 0 bridgehead atoms. The molecule has 0 saturated heterocycles. The van der Waals surface area contributed by atoms with E-state index in [0.29, 0.717) is 11.3 Å². The lowest BCUT2D eigenvalue weighted by Gasteiger charge is -2.22. The third-order valence-electron chi connectivity index (χ3n) is 2.88. The number of amides is 1. The van der Waals surface area contributed by atoms with Gasteiger partial charge in [0.15, 0.2) is 5.41 Å². The van der Waals surface area contributed by atoms with Crippen molar-refractivity contribution < 1.29 is 19.4 Å². The molecule has 0 radical (unpaired) electrons. The number of anilines is 1. The molecule has 0 aromatic heterocycles. The number of rotatable bonds is 3. The van der Waals surface area contributed by atoms with Crippen LogP contribution < -0.4 is 5.32 Å². The van der Waals surface area contributed by atoms with Crippen LogP contribution in [0, 0.1) is 0 Å². The summed E-state index contributed by atoms with van der Waals surface area (Å²) >= 11 is 0. The number of carbonyl (C=O) groups excluding carboxylic acids is 2. The lowest BCUT2D eigenvalue weighted by atomic mass is 9.82. The third-order valence-corrected chi connectivity index (χ3v) is 2.88. The number of aliphatic hydroxyl groups is 1. The van der Waals surface area contributed by atoms with Crippen LogP contribution in [0.15, 0.2) is 24.3 Å². The Bertz CT molecular complexity index is 471. The molecule has 1 aliphatic rings. The first kappa shape index (κ1) is 11.6. The largest absolute Gasteiger partial charge is 0.465 e. The van der Waals surface area contributed by atoms with Crippen molar-refractivity contribution in [2.75, 3.05) is 18.5 Å². The molecule has 1 aliphatic heterocycles. The van der Waals surface area contributed by atoms with Gasteiger partial charge in [-0.05, 0) is 13.0 Å². The van der Waals surface area contributed by atoms with Crippen molar-refractivity contribution in [1.82, 2.24) is 0 Å². The summed E-state index contributed by atoms with van der Waals surface area (Å²) in [6.07, 6.45) is 0. The van der Waals surface area contributed by atoms with Crippen LogP contribution in [-0.4, -0.2) is 30.2 Å². The summed E-state index contributed by atoms with van der Waals surface area (Å²) in [5.74, 6) is -1.26. The van der Waals surface area contributed by atoms with Crippen molar-refractivity contribution in [1.29, 1.82) is 0 Å². The van der Waals surface area contributed by atoms with Gasteiger partial charge in [-0.25, -0.2) is 0 Å². The molecule has 1 atom stereocenters. The van der Waals surface area contributed by atoms with Gasteiger partial charge in [0.1, 0.15) is 0 Å². The number of benzene rings is 1. The summed E-state index contributed by atoms with van der Waals surface area (Å²) in [7, 11) is 0. The van der Waals surface area contributed by atoms with Crippen LogP contribution in [0.5, 0.6) is 0 Å². The summed E-state index contributed by atoms with van der Waals surface area (Å²) in [6, 6.07) is 6.78. The van der Waals surface area contributed by atoms with Crippen molar-refractivity contribution in [3.8, 4) is 0 Å². The van der Waals surface area contributed by atoms with Crippen molar-refractivity contribution >= 4 is 17.6 Å². The maximum Gasteiger partial charge on any atom is 0.328 e. The number of esters is 1. The highest BCUT2D eigenvalue weighted by Gasteiger charge is 2.54. The van der Waals surface area contributed by atoms with Crippen molar-refractivity contribution in [2.24, 2.45) is 0 Å². The summed E-state index contributed by atoms with van der Waals surface area (Å²) in [5, 5.41) is 12.0. The van der Waals surface area contributed by atoms with Gasteiger partial charge in [-0.2, -0.15) is 0 Å². The van der Waals surface area contributed by atoms with Gasteiger partial charge in [-0.1, -0.05) is 18.2 Å². The topological polar surface area (TPSA) is 75.6 Å². The molecule has 0 fully saturated rings. The number of para-hydroxylation sites is 1. The Hall–Kier alpha value is -1.88. The predicted molar refractivity (Wildman–Crippen MR) is 60.5 cm³/mol. The minimum Gasteiger partial charge on any atom is -0.465 e. The highest BCUT2D eigenvalue weighted by Crippen LogP contribution is 2.38. The SMILES string of the molecule is CCOC(=O)[C@]1(CO)C(=O)Nc2ccccc21. The molecule has 5 heteroatoms. The van der Waals surface area contributed by atoms with E-state index in [0.717, 1.165) is 0 Å². The molecule has 2 N–H and O–H groups in total. The second-order valence-corrected chi connectivity index (χ2v) is 3.78. The zero-order valence-corrected chi connectivity index (χ0v) is 9.40. The Kier molecular flexibility index (Phi) is 2.85. The fraction of sp³-hybridized carbons (Fsp3) is 0.333. The van der Waals surface area contributed by atoms with Gasteiger partial charge >= 0.3 is 5.97 Å². The van der Waals surface area contributed by atoms with Gasteiger partial charge in [0.05, 0.1) is 13.2 Å². The van der Waals surface area contributed by atoms with Crippen molar-refractivity contribution in [3.63, 3.8) is 0 Å². The second-order valence-electron chi connectivity index (χ2n) is 3.78. The number of ether oxygens (including phenoxy) is 1. The molecule has 0 aliphatic carbocycles. The Morgan fingerprint density at radius 3 is 2.82 bits per heavy atom. The quantitative estimate of drug-likeness (QED) is 0.588. The lowest BCUT2D eigenvalue weighted by Crippen LogP contribution is -2.46. The smallest absolute Gasteiger partial charge is 0.328 e. The Balaban J connectivity index is 2.54. The molecule has 1 aromatic carbocycles. The maximum atomic E-state index is 11.9. The molecule has 0 saturated carbocycles. The maximum absolute atomic E-state index is 11.9. The first-order valence-electron chi connectivity index (χ1n) is 5.36. The lowest BCUT2D eigenvalue weighted by molar-refractivity contribution is -0.154. The molecular formula is C12H13NO4. The van der Waals surface area contributed by atoms with Gasteiger partial charge in [0.25, 0.3) is 0 Å². The average molecular weight is 235 g/mol. The number of hydrogen-bond acceptors (Lipinski definition) is 4. The highest BCUT2D eigenvalue weighted by atomic mass is 16.5.